The Labute approximate surface area is 96.2 Å². The summed E-state index contributed by atoms with van der Waals surface area (Å²) in [6.07, 6.45) is 0.293. The Hall–Kier alpha value is -1.54. The first kappa shape index (κ1) is 11.0. The second kappa shape index (κ2) is 4.99. The molecule has 0 amide bonds. The number of benzene rings is 1. The zero-order chi connectivity index (χ0) is 11.4. The van der Waals surface area contributed by atoms with Crippen molar-refractivity contribution in [2.24, 2.45) is 0 Å². The maximum Gasteiger partial charge on any atom is 0.162 e. The monoisotopic (exact) mass is 237 g/mol. The Morgan fingerprint density at radius 3 is 2.81 bits per heavy atom. The number of ether oxygens (including phenoxy) is 2. The van der Waals surface area contributed by atoms with Gasteiger partial charge in [-0.2, -0.15) is 5.26 Å². The molecular formula is C11H11NO3S. The van der Waals surface area contributed by atoms with Crippen molar-refractivity contribution in [1.29, 1.82) is 5.26 Å². The highest BCUT2D eigenvalue weighted by atomic mass is 32.2. The topological polar surface area (TPSA) is 59.3 Å². The van der Waals surface area contributed by atoms with Crippen LogP contribution in [0.3, 0.4) is 0 Å². The predicted octanol–water partition coefficient (Wildman–Crippen LogP) is 1.48. The fourth-order valence-electron chi connectivity index (χ4n) is 1.42. The molecular weight excluding hydrogens is 226 g/mol. The van der Waals surface area contributed by atoms with E-state index in [1.807, 2.05) is 6.07 Å². The summed E-state index contributed by atoms with van der Waals surface area (Å²) < 4.78 is 22.5. The lowest BCUT2D eigenvalue weighted by Crippen LogP contribution is -2.15. The highest BCUT2D eigenvalue weighted by Gasteiger charge is 2.13. The first-order valence-electron chi connectivity index (χ1n) is 4.96. The molecule has 16 heavy (non-hydrogen) atoms. The zero-order valence-electron chi connectivity index (χ0n) is 8.64. The maximum absolute atomic E-state index is 11.8. The first-order valence-corrected chi connectivity index (χ1v) is 6.28. The molecule has 1 aliphatic rings. The second-order valence-electron chi connectivity index (χ2n) is 3.26. The normalized spacial score (nSPS) is 15.2. The molecule has 0 aliphatic carbocycles. The van der Waals surface area contributed by atoms with Gasteiger partial charge in [-0.3, -0.25) is 4.21 Å². The summed E-state index contributed by atoms with van der Waals surface area (Å²) in [5.74, 6) is 1.68. The number of nitrogens with zero attached hydrogens (tertiary/aromatic N) is 1. The average molecular weight is 237 g/mol. The van der Waals surface area contributed by atoms with Gasteiger partial charge < -0.3 is 9.47 Å². The molecule has 1 heterocycles. The summed E-state index contributed by atoms with van der Waals surface area (Å²) in [6, 6.07) is 7.21. The van der Waals surface area contributed by atoms with Crippen LogP contribution >= 0.6 is 0 Å². The zero-order valence-corrected chi connectivity index (χ0v) is 9.46. The van der Waals surface area contributed by atoms with Crippen LogP contribution in [0.5, 0.6) is 11.5 Å². The quantitative estimate of drug-likeness (QED) is 0.799. The van der Waals surface area contributed by atoms with Crippen LogP contribution in [0.4, 0.5) is 0 Å². The van der Waals surface area contributed by atoms with E-state index in [-0.39, 0.29) is 0 Å². The molecule has 0 fully saturated rings. The molecule has 5 heteroatoms. The summed E-state index contributed by atoms with van der Waals surface area (Å²) in [5.41, 5.74) is 0. The fourth-order valence-corrected chi connectivity index (χ4v) is 2.39. The maximum atomic E-state index is 11.8. The van der Waals surface area contributed by atoms with Crippen molar-refractivity contribution in [2.45, 2.75) is 11.3 Å². The number of hydrogen-bond acceptors (Lipinski definition) is 4. The van der Waals surface area contributed by atoms with Crippen molar-refractivity contribution in [2.75, 3.05) is 19.0 Å². The van der Waals surface area contributed by atoms with Crippen LogP contribution in [0.1, 0.15) is 6.42 Å². The molecule has 0 aromatic heterocycles. The summed E-state index contributed by atoms with van der Waals surface area (Å²) in [6.45, 7) is 1.06. The van der Waals surface area contributed by atoms with Gasteiger partial charge in [-0.05, 0) is 12.1 Å². The van der Waals surface area contributed by atoms with Crippen LogP contribution in [-0.2, 0) is 10.8 Å². The Balaban J connectivity index is 2.17. The lowest BCUT2D eigenvalue weighted by molar-refractivity contribution is 0.171. The van der Waals surface area contributed by atoms with Gasteiger partial charge in [-0.15, -0.1) is 0 Å². The van der Waals surface area contributed by atoms with E-state index in [4.69, 9.17) is 14.7 Å². The highest BCUT2D eigenvalue weighted by Crippen LogP contribution is 2.31. The van der Waals surface area contributed by atoms with Crippen molar-refractivity contribution in [1.82, 2.24) is 0 Å². The van der Waals surface area contributed by atoms with E-state index in [9.17, 15) is 4.21 Å². The molecule has 2 rings (SSSR count). The SMILES string of the molecule is N#CCCS(=O)c1ccc2c(c1)OCCO2. The molecule has 4 nitrogen and oxygen atoms in total. The molecule has 1 aromatic rings. The minimum Gasteiger partial charge on any atom is -0.486 e. The highest BCUT2D eigenvalue weighted by molar-refractivity contribution is 7.85. The molecule has 84 valence electrons. The molecule has 1 atom stereocenters. The van der Waals surface area contributed by atoms with Crippen LogP contribution in [0.2, 0.25) is 0 Å². The van der Waals surface area contributed by atoms with Crippen molar-refractivity contribution in [3.63, 3.8) is 0 Å². The third-order valence-corrected chi connectivity index (χ3v) is 3.53. The summed E-state index contributed by atoms with van der Waals surface area (Å²) in [7, 11) is -1.14. The molecule has 1 aliphatic heterocycles. The van der Waals surface area contributed by atoms with Gasteiger partial charge in [0.25, 0.3) is 0 Å². The predicted molar refractivity (Wildman–Crippen MR) is 58.9 cm³/mol. The molecule has 0 radical (unpaired) electrons. The van der Waals surface area contributed by atoms with E-state index in [1.165, 1.54) is 0 Å². The van der Waals surface area contributed by atoms with Crippen molar-refractivity contribution < 1.29 is 13.7 Å². The number of fused-ring (bicyclic) bond motifs is 1. The van der Waals surface area contributed by atoms with Gasteiger partial charge in [-0.25, -0.2) is 0 Å². The lowest BCUT2D eigenvalue weighted by Gasteiger charge is -2.18. The minimum absolute atomic E-state index is 0.293. The van der Waals surface area contributed by atoms with Crippen LogP contribution in [-0.4, -0.2) is 23.2 Å². The molecule has 1 aromatic carbocycles. The fraction of sp³-hybridized carbons (Fsp3) is 0.364. The van der Waals surface area contributed by atoms with E-state index in [0.717, 1.165) is 0 Å². The van der Waals surface area contributed by atoms with Gasteiger partial charge in [0.2, 0.25) is 0 Å². The van der Waals surface area contributed by atoms with Gasteiger partial charge in [-0.1, -0.05) is 0 Å². The van der Waals surface area contributed by atoms with Crippen molar-refractivity contribution in [3.8, 4) is 17.6 Å². The molecule has 0 saturated heterocycles. The van der Waals surface area contributed by atoms with Gasteiger partial charge in [0.15, 0.2) is 11.5 Å². The van der Waals surface area contributed by atoms with Crippen LogP contribution in [0, 0.1) is 11.3 Å². The van der Waals surface area contributed by atoms with Crippen LogP contribution in [0.15, 0.2) is 23.1 Å². The van der Waals surface area contributed by atoms with Crippen molar-refractivity contribution in [3.05, 3.63) is 18.2 Å². The lowest BCUT2D eigenvalue weighted by atomic mass is 10.3. The van der Waals surface area contributed by atoms with Gasteiger partial charge >= 0.3 is 0 Å². The standard InChI is InChI=1S/C11H11NO3S/c12-4-1-7-16(13)9-2-3-10-11(8-9)15-6-5-14-10/h2-3,8H,1,5-7H2. The van der Waals surface area contributed by atoms with E-state index in [1.54, 1.807) is 18.2 Å². The van der Waals surface area contributed by atoms with Crippen LogP contribution < -0.4 is 9.47 Å². The summed E-state index contributed by atoms with van der Waals surface area (Å²) in [5, 5.41) is 8.42. The van der Waals surface area contributed by atoms with E-state index < -0.39 is 10.8 Å². The van der Waals surface area contributed by atoms with Crippen LogP contribution in [0.25, 0.3) is 0 Å². The number of nitriles is 1. The van der Waals surface area contributed by atoms with E-state index >= 15 is 0 Å². The van der Waals surface area contributed by atoms with Crippen molar-refractivity contribution >= 4 is 10.8 Å². The molecule has 0 spiro atoms. The van der Waals surface area contributed by atoms with Gasteiger partial charge in [0, 0.05) is 23.1 Å². The Bertz CT molecular complexity index is 453. The Morgan fingerprint density at radius 2 is 2.06 bits per heavy atom. The largest absolute Gasteiger partial charge is 0.486 e. The minimum atomic E-state index is -1.14. The number of rotatable bonds is 3. The molecule has 0 N–H and O–H groups in total. The molecule has 0 bridgehead atoms. The van der Waals surface area contributed by atoms with E-state index in [0.29, 0.717) is 41.8 Å². The smallest absolute Gasteiger partial charge is 0.162 e. The Kier molecular flexibility index (Phi) is 3.42. The Morgan fingerprint density at radius 1 is 1.31 bits per heavy atom. The summed E-state index contributed by atoms with van der Waals surface area (Å²) >= 11 is 0. The molecule has 0 saturated carbocycles. The second-order valence-corrected chi connectivity index (χ2v) is 4.83. The third-order valence-electron chi connectivity index (χ3n) is 2.18. The third kappa shape index (κ3) is 2.34. The first-order chi connectivity index (χ1) is 7.81. The number of hydrogen-bond donors (Lipinski definition) is 0. The van der Waals surface area contributed by atoms with E-state index in [2.05, 4.69) is 0 Å². The average Bonchev–Trinajstić information content (AvgIpc) is 2.35. The molecule has 1 unspecified atom stereocenters. The van der Waals surface area contributed by atoms with Gasteiger partial charge in [0.1, 0.15) is 13.2 Å². The van der Waals surface area contributed by atoms with Gasteiger partial charge in [0.05, 0.1) is 16.9 Å². The summed E-state index contributed by atoms with van der Waals surface area (Å²) in [4.78, 5) is 0.680.